The molecule has 0 bridgehead atoms. The van der Waals surface area contributed by atoms with E-state index in [0.717, 1.165) is 12.1 Å². The average molecular weight is 315 g/mol. The summed E-state index contributed by atoms with van der Waals surface area (Å²) in [4.78, 5) is 24.4. The summed E-state index contributed by atoms with van der Waals surface area (Å²) in [6.07, 6.45) is -0.617. The van der Waals surface area contributed by atoms with Gasteiger partial charge in [-0.2, -0.15) is 0 Å². The summed E-state index contributed by atoms with van der Waals surface area (Å²) in [5.74, 6) is -3.71. The van der Waals surface area contributed by atoms with Crippen LogP contribution in [0, 0.1) is 0 Å². The van der Waals surface area contributed by atoms with Gasteiger partial charge in [-0.15, -0.1) is 0 Å². The third-order valence-corrected chi connectivity index (χ3v) is 3.84. The molecule has 0 saturated carbocycles. The Morgan fingerprint density at radius 1 is 1.04 bits per heavy atom. The molecule has 0 aromatic heterocycles. The normalized spacial score (nSPS) is 19.3. The molecule has 2 aromatic rings. The molecule has 1 atom stereocenters. The second-order valence-electron chi connectivity index (χ2n) is 5.29. The first kappa shape index (κ1) is 14.9. The van der Waals surface area contributed by atoms with Crippen molar-refractivity contribution in [1.82, 2.24) is 0 Å². The molecule has 23 heavy (non-hydrogen) atoms. The molecule has 0 saturated heterocycles. The predicted octanol–water partition coefficient (Wildman–Crippen LogP) is 1.22. The van der Waals surface area contributed by atoms with Crippen LogP contribution >= 0.6 is 0 Å². The molecule has 118 valence electrons. The van der Waals surface area contributed by atoms with Gasteiger partial charge in [0.05, 0.1) is 12.0 Å². The lowest BCUT2D eigenvalue weighted by molar-refractivity contribution is -0.133. The number of anilines is 1. The molecule has 7 nitrogen and oxygen atoms in total. The minimum atomic E-state index is -2.06. The number of rotatable bonds is 3. The molecule has 1 heterocycles. The van der Waals surface area contributed by atoms with Crippen molar-refractivity contribution >= 4 is 17.4 Å². The number of Topliss-reactive ketones (excluding diaryl/α,β-unsaturated/α-hetero) is 1. The molecule has 1 aliphatic heterocycles. The van der Waals surface area contributed by atoms with E-state index in [4.69, 9.17) is 0 Å². The highest BCUT2D eigenvalue weighted by atomic mass is 16.3. The molecular weight excluding hydrogens is 302 g/mol. The zero-order valence-corrected chi connectivity index (χ0v) is 11.8. The number of nitrogens with one attached hydrogen (secondary N) is 1. The highest BCUT2D eigenvalue weighted by Crippen LogP contribution is 2.41. The third-order valence-electron chi connectivity index (χ3n) is 3.84. The summed E-state index contributed by atoms with van der Waals surface area (Å²) in [6.45, 7) is 0. The van der Waals surface area contributed by atoms with Gasteiger partial charge in [0.25, 0.3) is 5.91 Å². The first-order valence-electron chi connectivity index (χ1n) is 6.75. The smallest absolute Gasteiger partial charge is 0.261 e. The maximum absolute atomic E-state index is 12.4. The van der Waals surface area contributed by atoms with Crippen molar-refractivity contribution in [3.63, 3.8) is 0 Å². The fraction of sp³-hybridized carbons (Fsp3) is 0.125. The average Bonchev–Trinajstić information content (AvgIpc) is 2.76. The Labute approximate surface area is 130 Å². The molecule has 3 rings (SSSR count). The molecule has 5 N–H and O–H groups in total. The fourth-order valence-electron chi connectivity index (χ4n) is 2.60. The zero-order chi connectivity index (χ0) is 16.8. The van der Waals surface area contributed by atoms with Crippen LogP contribution in [0.5, 0.6) is 17.2 Å². The number of aromatic hydroxyl groups is 3. The maximum Gasteiger partial charge on any atom is 0.261 e. The van der Waals surface area contributed by atoms with Gasteiger partial charge in [0.2, 0.25) is 5.75 Å². The Bertz CT molecular complexity index is 831. The van der Waals surface area contributed by atoms with Crippen LogP contribution in [-0.4, -0.2) is 32.1 Å². The van der Waals surface area contributed by atoms with E-state index in [1.54, 1.807) is 18.2 Å². The van der Waals surface area contributed by atoms with Crippen molar-refractivity contribution in [2.45, 2.75) is 12.0 Å². The number of hydrogen-bond donors (Lipinski definition) is 5. The predicted molar refractivity (Wildman–Crippen MR) is 79.4 cm³/mol. The maximum atomic E-state index is 12.4. The van der Waals surface area contributed by atoms with Gasteiger partial charge >= 0.3 is 0 Å². The second kappa shape index (κ2) is 4.99. The first-order chi connectivity index (χ1) is 10.8. The van der Waals surface area contributed by atoms with Crippen LogP contribution in [0.2, 0.25) is 0 Å². The van der Waals surface area contributed by atoms with Gasteiger partial charge in [-0.3, -0.25) is 9.59 Å². The van der Waals surface area contributed by atoms with Crippen LogP contribution < -0.4 is 5.32 Å². The number of amides is 1. The van der Waals surface area contributed by atoms with E-state index in [1.165, 1.54) is 6.07 Å². The number of phenols is 3. The summed E-state index contributed by atoms with van der Waals surface area (Å²) >= 11 is 0. The van der Waals surface area contributed by atoms with Crippen LogP contribution in [-0.2, 0) is 10.4 Å². The Hall–Kier alpha value is -3.06. The van der Waals surface area contributed by atoms with Crippen LogP contribution in [0.4, 0.5) is 5.69 Å². The van der Waals surface area contributed by atoms with Gasteiger partial charge in [-0.25, -0.2) is 0 Å². The van der Waals surface area contributed by atoms with Crippen LogP contribution in [0.1, 0.15) is 22.3 Å². The van der Waals surface area contributed by atoms with Gasteiger partial charge in [-0.1, -0.05) is 18.2 Å². The summed E-state index contributed by atoms with van der Waals surface area (Å²) in [5.41, 5.74) is -1.69. The van der Waals surface area contributed by atoms with Gasteiger partial charge in [0, 0.05) is 11.3 Å². The summed E-state index contributed by atoms with van der Waals surface area (Å²) in [5, 5.41) is 41.6. The molecule has 7 heteroatoms. The van der Waals surface area contributed by atoms with E-state index < -0.39 is 41.0 Å². The number of hydrogen-bond acceptors (Lipinski definition) is 6. The summed E-state index contributed by atoms with van der Waals surface area (Å²) in [6, 6.07) is 8.56. The molecule has 0 fully saturated rings. The lowest BCUT2D eigenvalue weighted by Gasteiger charge is -2.20. The van der Waals surface area contributed by atoms with Crippen LogP contribution in [0.3, 0.4) is 0 Å². The summed E-state index contributed by atoms with van der Waals surface area (Å²) in [7, 11) is 0. The van der Waals surface area contributed by atoms with Gasteiger partial charge in [-0.05, 0) is 18.2 Å². The number of fused-ring (bicyclic) bond motifs is 1. The second-order valence-corrected chi connectivity index (χ2v) is 5.29. The van der Waals surface area contributed by atoms with E-state index in [-0.39, 0.29) is 11.1 Å². The van der Waals surface area contributed by atoms with E-state index >= 15 is 0 Å². The number of aliphatic hydroxyl groups is 1. The Morgan fingerprint density at radius 3 is 2.48 bits per heavy atom. The van der Waals surface area contributed by atoms with Crippen molar-refractivity contribution in [2.24, 2.45) is 0 Å². The van der Waals surface area contributed by atoms with Crippen molar-refractivity contribution in [3.05, 3.63) is 47.5 Å². The van der Waals surface area contributed by atoms with Crippen molar-refractivity contribution in [1.29, 1.82) is 0 Å². The fourth-order valence-corrected chi connectivity index (χ4v) is 2.60. The Kier molecular flexibility index (Phi) is 3.23. The number of carbonyl (C=O) groups is 2. The molecule has 0 unspecified atom stereocenters. The van der Waals surface area contributed by atoms with E-state index in [2.05, 4.69) is 5.32 Å². The quantitative estimate of drug-likeness (QED) is 0.428. The molecular formula is C16H13NO6. The van der Waals surface area contributed by atoms with Gasteiger partial charge in [0.15, 0.2) is 22.9 Å². The monoisotopic (exact) mass is 315 g/mol. The molecule has 0 spiro atoms. The molecule has 2 aromatic carbocycles. The molecule has 1 amide bonds. The number of phenolic OH excluding ortho intramolecular Hbond substituents is 3. The summed E-state index contributed by atoms with van der Waals surface area (Å²) < 4.78 is 0. The minimum Gasteiger partial charge on any atom is -0.504 e. The van der Waals surface area contributed by atoms with Crippen LogP contribution in [0.25, 0.3) is 0 Å². The van der Waals surface area contributed by atoms with Gasteiger partial charge in [0.1, 0.15) is 0 Å². The first-order valence-corrected chi connectivity index (χ1v) is 6.75. The van der Waals surface area contributed by atoms with Crippen molar-refractivity contribution in [2.75, 3.05) is 5.32 Å². The molecule has 1 aliphatic rings. The SMILES string of the molecule is O=C(C[C@]1(O)C(=O)Nc2ccccc21)c1ccc(O)c(O)c1O. The third kappa shape index (κ3) is 2.18. The Morgan fingerprint density at radius 2 is 1.74 bits per heavy atom. The highest BCUT2D eigenvalue weighted by molar-refractivity contribution is 6.10. The van der Waals surface area contributed by atoms with Crippen molar-refractivity contribution in [3.8, 4) is 17.2 Å². The largest absolute Gasteiger partial charge is 0.504 e. The van der Waals surface area contributed by atoms with E-state index in [0.29, 0.717) is 5.69 Å². The van der Waals surface area contributed by atoms with Gasteiger partial charge < -0.3 is 25.7 Å². The molecule has 0 aliphatic carbocycles. The van der Waals surface area contributed by atoms with Crippen molar-refractivity contribution < 1.29 is 30.0 Å². The lowest BCUT2D eigenvalue weighted by Crippen LogP contribution is -2.36. The molecule has 0 radical (unpaired) electrons. The standard InChI is InChI=1S/C16H13NO6/c18-11-6-5-8(13(20)14(11)21)12(19)7-16(23)9-3-1-2-4-10(9)17-15(16)22/h1-6,18,20-21,23H,7H2,(H,17,22)/t16-/m1/s1. The van der Waals surface area contributed by atoms with E-state index in [1.807, 2.05) is 0 Å². The number of carbonyl (C=O) groups excluding carboxylic acids is 2. The number of ketones is 1. The lowest BCUT2D eigenvalue weighted by atomic mass is 9.88. The van der Waals surface area contributed by atoms with Crippen LogP contribution in [0.15, 0.2) is 36.4 Å². The van der Waals surface area contributed by atoms with E-state index in [9.17, 15) is 30.0 Å². The topological polar surface area (TPSA) is 127 Å². The minimum absolute atomic E-state index is 0.265. The number of benzene rings is 2. The highest BCUT2D eigenvalue weighted by Gasteiger charge is 2.46. The zero-order valence-electron chi connectivity index (χ0n) is 11.8. The number of para-hydroxylation sites is 1. The Balaban J connectivity index is 1.98.